The zero-order chi connectivity index (χ0) is 27.0. The van der Waals surface area contributed by atoms with Crippen LogP contribution in [0.4, 0.5) is 28.0 Å². The van der Waals surface area contributed by atoms with Gasteiger partial charge in [0.05, 0.1) is 29.3 Å². The number of alkyl halides is 3. The van der Waals surface area contributed by atoms with E-state index >= 15 is 0 Å². The van der Waals surface area contributed by atoms with Gasteiger partial charge in [0.25, 0.3) is 0 Å². The number of fused-ring (bicyclic) bond motifs is 1. The highest BCUT2D eigenvalue weighted by Gasteiger charge is 2.49. The van der Waals surface area contributed by atoms with Gasteiger partial charge in [0.15, 0.2) is 14.9 Å². The summed E-state index contributed by atoms with van der Waals surface area (Å²) in [5.74, 6) is -0.472. The smallest absolute Gasteiger partial charge is 0.331 e. The third kappa shape index (κ3) is 5.60. The Labute approximate surface area is 211 Å². The van der Waals surface area contributed by atoms with Crippen LogP contribution in [0, 0.1) is 5.82 Å². The lowest BCUT2D eigenvalue weighted by Gasteiger charge is -2.37. The van der Waals surface area contributed by atoms with Crippen molar-refractivity contribution >= 4 is 21.6 Å². The van der Waals surface area contributed by atoms with Gasteiger partial charge in [-0.1, -0.05) is 13.3 Å². The van der Waals surface area contributed by atoms with Crippen molar-refractivity contribution in [1.29, 1.82) is 0 Å². The number of hydrogen-bond donors (Lipinski definition) is 1. The first-order valence-corrected chi connectivity index (χ1v) is 13.4. The van der Waals surface area contributed by atoms with E-state index in [2.05, 4.69) is 15.4 Å². The molecule has 1 aliphatic rings. The van der Waals surface area contributed by atoms with Gasteiger partial charge < -0.3 is 5.32 Å². The number of rotatable bonds is 6. The Morgan fingerprint density at radius 2 is 1.92 bits per heavy atom. The Balaban J connectivity index is 1.71. The summed E-state index contributed by atoms with van der Waals surface area (Å²) >= 11 is 0. The summed E-state index contributed by atoms with van der Waals surface area (Å²) < 4.78 is 80.8. The van der Waals surface area contributed by atoms with Gasteiger partial charge in [0.1, 0.15) is 11.9 Å². The summed E-state index contributed by atoms with van der Waals surface area (Å²) in [4.78, 5) is 17.9. The number of halogens is 4. The molecule has 0 saturated heterocycles. The summed E-state index contributed by atoms with van der Waals surface area (Å²) in [6.45, 7) is 1.84. The fourth-order valence-corrected chi connectivity index (χ4v) is 5.01. The van der Waals surface area contributed by atoms with Crippen molar-refractivity contribution in [2.75, 3.05) is 11.2 Å². The number of pyridine rings is 1. The molecule has 37 heavy (non-hydrogen) atoms. The molecule has 0 radical (unpaired) electrons. The van der Waals surface area contributed by atoms with Crippen LogP contribution < -0.4 is 10.2 Å². The highest BCUT2D eigenvalue weighted by molar-refractivity contribution is 7.90. The van der Waals surface area contributed by atoms with Crippen LogP contribution in [-0.4, -0.2) is 47.7 Å². The lowest BCUT2D eigenvalue weighted by Crippen LogP contribution is -2.55. The molecule has 3 aromatic rings. The fraction of sp³-hybridized carbons (Fsp3) is 0.375. The van der Waals surface area contributed by atoms with E-state index in [1.54, 1.807) is 0 Å². The number of benzene rings is 1. The maximum absolute atomic E-state index is 14.0. The predicted molar refractivity (Wildman–Crippen MR) is 128 cm³/mol. The van der Waals surface area contributed by atoms with Crippen LogP contribution in [0.15, 0.2) is 53.8 Å². The number of anilines is 1. The van der Waals surface area contributed by atoms with Crippen molar-refractivity contribution < 1.29 is 30.8 Å². The number of amides is 2. The second-order valence-electron chi connectivity index (χ2n) is 8.82. The molecule has 198 valence electrons. The van der Waals surface area contributed by atoms with Gasteiger partial charge in [-0.2, -0.15) is 18.3 Å². The lowest BCUT2D eigenvalue weighted by molar-refractivity contribution is -0.149. The topological polar surface area (TPSA) is 97.2 Å². The van der Waals surface area contributed by atoms with E-state index in [1.807, 2.05) is 6.92 Å². The minimum Gasteiger partial charge on any atom is -0.331 e. The summed E-state index contributed by atoms with van der Waals surface area (Å²) in [5, 5.41) is 6.65. The van der Waals surface area contributed by atoms with Crippen LogP contribution in [-0.2, 0) is 16.3 Å². The van der Waals surface area contributed by atoms with Crippen molar-refractivity contribution in [2.45, 2.75) is 55.9 Å². The molecule has 3 heterocycles. The van der Waals surface area contributed by atoms with Crippen LogP contribution in [0.5, 0.6) is 0 Å². The first kappa shape index (κ1) is 26.6. The van der Waals surface area contributed by atoms with E-state index in [9.17, 15) is 30.8 Å². The van der Waals surface area contributed by atoms with Crippen LogP contribution in [0.1, 0.15) is 43.5 Å². The Bertz CT molecular complexity index is 1390. The maximum Gasteiger partial charge on any atom is 0.409 e. The SMILES string of the molecule is CCCC(NC(=O)N1c2cnn(-c3ccc(F)cc3)c2CCC1C(F)(F)F)c1ccnc(S(C)(=O)=O)c1. The van der Waals surface area contributed by atoms with Gasteiger partial charge >= 0.3 is 12.2 Å². The first-order valence-electron chi connectivity index (χ1n) is 11.6. The van der Waals surface area contributed by atoms with Gasteiger partial charge in [0, 0.05) is 12.5 Å². The molecular formula is C24H25F4N5O3S. The van der Waals surface area contributed by atoms with Gasteiger partial charge in [-0.15, -0.1) is 0 Å². The molecule has 13 heteroatoms. The molecule has 2 unspecified atom stereocenters. The van der Waals surface area contributed by atoms with E-state index in [0.29, 0.717) is 34.7 Å². The van der Waals surface area contributed by atoms with E-state index in [1.165, 1.54) is 53.5 Å². The number of nitrogens with one attached hydrogen (secondary N) is 1. The molecule has 0 saturated carbocycles. The zero-order valence-corrected chi connectivity index (χ0v) is 20.9. The van der Waals surface area contributed by atoms with Gasteiger partial charge in [-0.25, -0.2) is 27.3 Å². The van der Waals surface area contributed by atoms with Crippen LogP contribution in [0.25, 0.3) is 5.69 Å². The molecule has 4 rings (SSSR count). The van der Waals surface area contributed by atoms with E-state index in [4.69, 9.17) is 0 Å². The molecule has 1 aromatic carbocycles. The molecule has 2 atom stereocenters. The van der Waals surface area contributed by atoms with Crippen molar-refractivity contribution in [3.63, 3.8) is 0 Å². The molecular weight excluding hydrogens is 514 g/mol. The Kier molecular flexibility index (Phi) is 7.27. The molecule has 2 aromatic heterocycles. The third-order valence-electron chi connectivity index (χ3n) is 6.16. The van der Waals surface area contributed by atoms with Crippen molar-refractivity contribution in [3.05, 3.63) is 65.9 Å². The predicted octanol–water partition coefficient (Wildman–Crippen LogP) is 4.74. The number of carbonyl (C=O) groups excluding carboxylic acids is 1. The summed E-state index contributed by atoms with van der Waals surface area (Å²) in [6, 6.07) is 4.32. The third-order valence-corrected chi connectivity index (χ3v) is 7.14. The van der Waals surface area contributed by atoms with Gasteiger partial charge in [-0.3, -0.25) is 4.90 Å². The van der Waals surface area contributed by atoms with E-state index < -0.39 is 39.9 Å². The summed E-state index contributed by atoms with van der Waals surface area (Å²) in [5.41, 5.74) is 1.24. The number of urea groups is 1. The standard InChI is InChI=1S/C24H25F4N5O3S/c1-3-4-18(15-11-12-29-22(13-15)37(2,35)36)31-23(34)32-20-14-30-33(17-7-5-16(25)6-8-17)19(20)9-10-21(32)24(26,27)28/h5-8,11-14,18,21H,3-4,9-10H2,1-2H3,(H,31,34). The molecule has 8 nitrogen and oxygen atoms in total. The maximum atomic E-state index is 14.0. The Morgan fingerprint density at radius 3 is 2.54 bits per heavy atom. The van der Waals surface area contributed by atoms with Crippen molar-refractivity contribution in [1.82, 2.24) is 20.1 Å². The van der Waals surface area contributed by atoms with Crippen molar-refractivity contribution in [2.24, 2.45) is 0 Å². The molecule has 0 spiro atoms. The summed E-state index contributed by atoms with van der Waals surface area (Å²) in [6.07, 6.45) is -0.696. The van der Waals surface area contributed by atoms with Gasteiger partial charge in [0.2, 0.25) is 0 Å². The average Bonchev–Trinajstić information content (AvgIpc) is 3.27. The average molecular weight is 540 g/mol. The highest BCUT2D eigenvalue weighted by Crippen LogP contribution is 2.39. The van der Waals surface area contributed by atoms with E-state index in [0.717, 1.165) is 6.26 Å². The summed E-state index contributed by atoms with van der Waals surface area (Å²) in [7, 11) is -3.63. The zero-order valence-electron chi connectivity index (χ0n) is 20.0. The number of nitrogens with zero attached hydrogens (tertiary/aromatic N) is 4. The van der Waals surface area contributed by atoms with Crippen molar-refractivity contribution in [3.8, 4) is 5.69 Å². The molecule has 1 N–H and O–H groups in total. The second kappa shape index (κ2) is 10.1. The molecule has 2 amide bonds. The Hall–Kier alpha value is -3.48. The Morgan fingerprint density at radius 1 is 1.22 bits per heavy atom. The second-order valence-corrected chi connectivity index (χ2v) is 10.8. The van der Waals surface area contributed by atoms with Crippen LogP contribution in [0.3, 0.4) is 0 Å². The van der Waals surface area contributed by atoms with E-state index in [-0.39, 0.29) is 23.6 Å². The van der Waals surface area contributed by atoms with Crippen LogP contribution in [0.2, 0.25) is 0 Å². The lowest BCUT2D eigenvalue weighted by atomic mass is 10.00. The monoisotopic (exact) mass is 539 g/mol. The minimum absolute atomic E-state index is 0.00112. The number of carbonyl (C=O) groups is 1. The van der Waals surface area contributed by atoms with Crippen LogP contribution >= 0.6 is 0 Å². The molecule has 0 aliphatic carbocycles. The largest absolute Gasteiger partial charge is 0.409 e. The first-order chi connectivity index (χ1) is 17.4. The molecule has 0 bridgehead atoms. The normalized spacial score (nSPS) is 16.8. The molecule has 1 aliphatic heterocycles. The fourth-order valence-electron chi connectivity index (χ4n) is 4.41. The number of hydrogen-bond acceptors (Lipinski definition) is 5. The van der Waals surface area contributed by atoms with Gasteiger partial charge in [-0.05, 0) is 61.2 Å². The number of aromatic nitrogens is 3. The minimum atomic E-state index is -4.70. The highest BCUT2D eigenvalue weighted by atomic mass is 32.2. The molecule has 0 fully saturated rings. The quantitative estimate of drug-likeness (QED) is 0.457. The number of sulfone groups is 1.